The zero-order chi connectivity index (χ0) is 17.0. The number of alkyl halides is 3. The van der Waals surface area contributed by atoms with Crippen molar-refractivity contribution in [3.63, 3.8) is 0 Å². The molecule has 0 atom stereocenters. The molecule has 122 valence electrons. The number of anilines is 1. The molecule has 0 spiro atoms. The van der Waals surface area contributed by atoms with Gasteiger partial charge >= 0.3 is 18.3 Å². The Morgan fingerprint density at radius 2 is 1.73 bits per heavy atom. The van der Waals surface area contributed by atoms with Gasteiger partial charge in [0.25, 0.3) is 0 Å². The lowest BCUT2D eigenvalue weighted by Crippen LogP contribution is -2.28. The first-order chi connectivity index (χ1) is 9.99. The van der Waals surface area contributed by atoms with Gasteiger partial charge in [0, 0.05) is 5.69 Å². The number of rotatable bonds is 3. The summed E-state index contributed by atoms with van der Waals surface area (Å²) in [5, 5.41) is 2.29. The van der Waals surface area contributed by atoms with Crippen LogP contribution in [-0.4, -0.2) is 24.3 Å². The SMILES string of the molecule is CC(C)(C)OC(=O)OC(=O)CNc1ccccc1C(F)(F)F. The molecule has 0 saturated heterocycles. The number of carbonyl (C=O) groups is 2. The number of benzene rings is 1. The molecule has 5 nitrogen and oxygen atoms in total. The van der Waals surface area contributed by atoms with E-state index in [4.69, 9.17) is 4.74 Å². The van der Waals surface area contributed by atoms with E-state index < -0.39 is 36.0 Å². The van der Waals surface area contributed by atoms with Crippen molar-refractivity contribution in [2.75, 3.05) is 11.9 Å². The molecule has 0 aliphatic rings. The second-order valence-electron chi connectivity index (χ2n) is 5.34. The summed E-state index contributed by atoms with van der Waals surface area (Å²) in [7, 11) is 0. The Kier molecular flexibility index (Phi) is 5.40. The van der Waals surface area contributed by atoms with Crippen LogP contribution in [0.3, 0.4) is 0 Å². The number of carbonyl (C=O) groups excluding carboxylic acids is 2. The molecule has 0 aliphatic carbocycles. The molecule has 0 unspecified atom stereocenters. The van der Waals surface area contributed by atoms with Crippen LogP contribution >= 0.6 is 0 Å². The summed E-state index contributed by atoms with van der Waals surface area (Å²) in [6, 6.07) is 4.66. The summed E-state index contributed by atoms with van der Waals surface area (Å²) >= 11 is 0. The molecule has 1 rings (SSSR count). The summed E-state index contributed by atoms with van der Waals surface area (Å²) in [4.78, 5) is 22.6. The maximum absolute atomic E-state index is 12.7. The van der Waals surface area contributed by atoms with Crippen LogP contribution in [0.15, 0.2) is 24.3 Å². The van der Waals surface area contributed by atoms with E-state index in [1.165, 1.54) is 18.2 Å². The summed E-state index contributed by atoms with van der Waals surface area (Å²) in [6.07, 6.45) is -5.76. The minimum atomic E-state index is -4.56. The fourth-order valence-corrected chi connectivity index (χ4v) is 1.45. The highest BCUT2D eigenvalue weighted by atomic mass is 19.4. The highest BCUT2D eigenvalue weighted by Gasteiger charge is 2.33. The number of hydrogen-bond donors (Lipinski definition) is 1. The van der Waals surface area contributed by atoms with E-state index in [0.717, 1.165) is 6.07 Å². The van der Waals surface area contributed by atoms with E-state index in [-0.39, 0.29) is 5.69 Å². The molecule has 0 saturated carbocycles. The van der Waals surface area contributed by atoms with Crippen LogP contribution in [0.25, 0.3) is 0 Å². The Morgan fingerprint density at radius 1 is 1.14 bits per heavy atom. The van der Waals surface area contributed by atoms with Crippen molar-refractivity contribution in [2.24, 2.45) is 0 Å². The zero-order valence-corrected chi connectivity index (χ0v) is 12.3. The maximum atomic E-state index is 12.7. The Hall–Kier alpha value is -2.25. The maximum Gasteiger partial charge on any atom is 0.516 e. The molecule has 0 aromatic heterocycles. The number of esters is 1. The van der Waals surface area contributed by atoms with Crippen molar-refractivity contribution in [3.05, 3.63) is 29.8 Å². The van der Waals surface area contributed by atoms with Crippen LogP contribution in [0.5, 0.6) is 0 Å². The number of para-hydroxylation sites is 1. The summed E-state index contributed by atoms with van der Waals surface area (Å²) in [5.41, 5.74) is -2.04. The predicted octanol–water partition coefficient (Wildman–Crippen LogP) is 3.60. The van der Waals surface area contributed by atoms with Crippen LogP contribution in [-0.2, 0) is 20.4 Å². The smallest absolute Gasteiger partial charge is 0.428 e. The van der Waals surface area contributed by atoms with Gasteiger partial charge in [-0.1, -0.05) is 12.1 Å². The molecule has 0 bridgehead atoms. The van der Waals surface area contributed by atoms with E-state index in [2.05, 4.69) is 10.1 Å². The van der Waals surface area contributed by atoms with Crippen molar-refractivity contribution < 1.29 is 32.2 Å². The largest absolute Gasteiger partial charge is 0.516 e. The third-order valence-electron chi connectivity index (χ3n) is 2.24. The zero-order valence-electron chi connectivity index (χ0n) is 12.3. The number of nitrogens with one attached hydrogen (secondary N) is 1. The Bertz CT molecular complexity index is 550. The molecule has 1 aromatic rings. The topological polar surface area (TPSA) is 64.6 Å². The van der Waals surface area contributed by atoms with Gasteiger partial charge in [-0.2, -0.15) is 13.2 Å². The monoisotopic (exact) mass is 319 g/mol. The molecule has 0 heterocycles. The fourth-order valence-electron chi connectivity index (χ4n) is 1.45. The summed E-state index contributed by atoms with van der Waals surface area (Å²) in [6.45, 7) is 4.13. The van der Waals surface area contributed by atoms with Gasteiger partial charge in [0.15, 0.2) is 0 Å². The van der Waals surface area contributed by atoms with Crippen LogP contribution in [0.4, 0.5) is 23.7 Å². The van der Waals surface area contributed by atoms with Gasteiger partial charge in [0.05, 0.1) is 5.56 Å². The van der Waals surface area contributed by atoms with E-state index >= 15 is 0 Å². The van der Waals surface area contributed by atoms with Crippen LogP contribution < -0.4 is 5.32 Å². The molecular formula is C14H16F3NO4. The molecule has 0 amide bonds. The Morgan fingerprint density at radius 3 is 2.27 bits per heavy atom. The average Bonchev–Trinajstić information content (AvgIpc) is 2.33. The van der Waals surface area contributed by atoms with Gasteiger partial charge < -0.3 is 14.8 Å². The van der Waals surface area contributed by atoms with Crippen molar-refractivity contribution in [1.82, 2.24) is 0 Å². The van der Waals surface area contributed by atoms with Crippen molar-refractivity contribution in [1.29, 1.82) is 0 Å². The molecule has 1 N–H and O–H groups in total. The first kappa shape index (κ1) is 17.8. The minimum absolute atomic E-state index is 0.281. The van der Waals surface area contributed by atoms with E-state index in [0.29, 0.717) is 0 Å². The van der Waals surface area contributed by atoms with E-state index in [1.54, 1.807) is 20.8 Å². The van der Waals surface area contributed by atoms with Gasteiger partial charge in [-0.3, -0.25) is 0 Å². The normalized spacial score (nSPS) is 11.7. The van der Waals surface area contributed by atoms with Crippen LogP contribution in [0.2, 0.25) is 0 Å². The molecule has 8 heteroatoms. The average molecular weight is 319 g/mol. The van der Waals surface area contributed by atoms with Gasteiger partial charge in [-0.05, 0) is 32.9 Å². The molecule has 1 aromatic carbocycles. The first-order valence-corrected chi connectivity index (χ1v) is 6.33. The van der Waals surface area contributed by atoms with Gasteiger partial charge in [-0.15, -0.1) is 0 Å². The predicted molar refractivity (Wildman–Crippen MR) is 72.3 cm³/mol. The first-order valence-electron chi connectivity index (χ1n) is 6.33. The molecule has 0 fully saturated rings. The van der Waals surface area contributed by atoms with Crippen molar-refractivity contribution in [3.8, 4) is 0 Å². The highest BCUT2D eigenvalue weighted by Crippen LogP contribution is 2.34. The second-order valence-corrected chi connectivity index (χ2v) is 5.34. The van der Waals surface area contributed by atoms with Crippen LogP contribution in [0.1, 0.15) is 26.3 Å². The molecule has 0 radical (unpaired) electrons. The van der Waals surface area contributed by atoms with E-state index in [1.807, 2.05) is 0 Å². The Balaban J connectivity index is 2.61. The highest BCUT2D eigenvalue weighted by molar-refractivity contribution is 5.85. The van der Waals surface area contributed by atoms with Crippen LogP contribution in [0, 0.1) is 0 Å². The number of hydrogen-bond acceptors (Lipinski definition) is 5. The summed E-state index contributed by atoms with van der Waals surface area (Å²) in [5.74, 6) is -1.05. The van der Waals surface area contributed by atoms with Crippen molar-refractivity contribution >= 4 is 17.8 Å². The number of halogens is 3. The lowest BCUT2D eigenvalue weighted by molar-refractivity contribution is -0.140. The second kappa shape index (κ2) is 6.67. The molecule has 0 aliphatic heterocycles. The van der Waals surface area contributed by atoms with Gasteiger partial charge in [0.1, 0.15) is 12.1 Å². The molecular weight excluding hydrogens is 303 g/mol. The quantitative estimate of drug-likeness (QED) is 0.681. The third-order valence-corrected chi connectivity index (χ3v) is 2.24. The van der Waals surface area contributed by atoms with E-state index in [9.17, 15) is 22.8 Å². The van der Waals surface area contributed by atoms with Gasteiger partial charge in [-0.25, -0.2) is 9.59 Å². The molecule has 22 heavy (non-hydrogen) atoms. The standard InChI is InChI=1S/C14H16F3NO4/c1-13(2,3)22-12(20)21-11(19)8-18-10-7-5-4-6-9(10)14(15,16)17/h4-7,18H,8H2,1-3H3. The lowest BCUT2D eigenvalue weighted by Gasteiger charge is -2.18. The number of ether oxygens (including phenoxy) is 2. The summed E-state index contributed by atoms with van der Waals surface area (Å²) < 4.78 is 47.3. The third kappa shape index (κ3) is 6.02. The van der Waals surface area contributed by atoms with Crippen molar-refractivity contribution in [2.45, 2.75) is 32.5 Å². The minimum Gasteiger partial charge on any atom is -0.428 e. The Labute approximate surface area is 125 Å². The van der Waals surface area contributed by atoms with Gasteiger partial charge in [0.2, 0.25) is 0 Å². The fraction of sp³-hybridized carbons (Fsp3) is 0.429. The lowest BCUT2D eigenvalue weighted by atomic mass is 10.1.